The Morgan fingerprint density at radius 1 is 1.03 bits per heavy atom. The smallest absolute Gasteiger partial charge is 0.408 e. The summed E-state index contributed by atoms with van der Waals surface area (Å²) < 4.78 is 5.17. The standard InChI is InChI=1S/C26H35N3O7/c1-17-9-8-12-19(22(17)32)21(23(33)27-15-18-10-6-5-7-11-18)29(13-14-30)24(34)20(16-31)28-25(35)36-26(2,3)4/h5-12,20-21,30-32H,13-16H2,1-4H3,(H,27,33)(H,28,35). The second kappa shape index (κ2) is 12.9. The van der Waals surface area contributed by atoms with Gasteiger partial charge in [0.25, 0.3) is 0 Å². The summed E-state index contributed by atoms with van der Waals surface area (Å²) in [7, 11) is 0. The van der Waals surface area contributed by atoms with Crippen molar-refractivity contribution >= 4 is 17.9 Å². The minimum Gasteiger partial charge on any atom is -0.507 e. The van der Waals surface area contributed by atoms with E-state index in [1.807, 2.05) is 30.3 Å². The molecule has 36 heavy (non-hydrogen) atoms. The summed E-state index contributed by atoms with van der Waals surface area (Å²) in [6.07, 6.45) is -0.928. The summed E-state index contributed by atoms with van der Waals surface area (Å²) in [5, 5.41) is 35.4. The van der Waals surface area contributed by atoms with E-state index in [2.05, 4.69) is 10.6 Å². The zero-order valence-electron chi connectivity index (χ0n) is 21.0. The van der Waals surface area contributed by atoms with Crippen molar-refractivity contribution in [2.45, 2.75) is 51.9 Å². The van der Waals surface area contributed by atoms with Crippen molar-refractivity contribution in [1.82, 2.24) is 15.5 Å². The Morgan fingerprint density at radius 2 is 1.69 bits per heavy atom. The SMILES string of the molecule is Cc1cccc(C(C(=O)NCc2ccccc2)N(CCO)C(=O)C(CO)NC(=O)OC(C)(C)C)c1O. The van der Waals surface area contributed by atoms with Crippen LogP contribution in [0.2, 0.25) is 0 Å². The highest BCUT2D eigenvalue weighted by molar-refractivity contribution is 5.92. The summed E-state index contributed by atoms with van der Waals surface area (Å²) in [6.45, 7) is 5.15. The van der Waals surface area contributed by atoms with E-state index < -0.39 is 48.8 Å². The molecule has 10 nitrogen and oxygen atoms in total. The second-order valence-corrected chi connectivity index (χ2v) is 9.26. The number of nitrogens with one attached hydrogen (secondary N) is 2. The van der Waals surface area contributed by atoms with Gasteiger partial charge in [-0.3, -0.25) is 9.59 Å². The number of benzene rings is 2. The number of phenols is 1. The Kier molecular flexibility index (Phi) is 10.2. The molecular formula is C26H35N3O7. The van der Waals surface area contributed by atoms with Gasteiger partial charge in [-0.25, -0.2) is 4.79 Å². The molecule has 2 unspecified atom stereocenters. The predicted octanol–water partition coefficient (Wildman–Crippen LogP) is 1.76. The number of amides is 3. The number of aliphatic hydroxyl groups is 2. The largest absolute Gasteiger partial charge is 0.507 e. The van der Waals surface area contributed by atoms with Crippen molar-refractivity contribution in [1.29, 1.82) is 0 Å². The highest BCUT2D eigenvalue weighted by Gasteiger charge is 2.37. The Balaban J connectivity index is 2.42. The molecule has 0 saturated heterocycles. The number of alkyl carbamates (subject to hydrolysis) is 1. The minimum atomic E-state index is -1.46. The lowest BCUT2D eigenvalue weighted by Gasteiger charge is -2.34. The molecule has 2 aromatic carbocycles. The Hall–Kier alpha value is -3.63. The monoisotopic (exact) mass is 501 g/mol. The van der Waals surface area contributed by atoms with Gasteiger partial charge < -0.3 is 35.6 Å². The predicted molar refractivity (Wildman–Crippen MR) is 133 cm³/mol. The van der Waals surface area contributed by atoms with Crippen LogP contribution in [0, 0.1) is 6.92 Å². The van der Waals surface area contributed by atoms with E-state index in [1.54, 1.807) is 39.8 Å². The quantitative estimate of drug-likeness (QED) is 0.333. The van der Waals surface area contributed by atoms with Crippen molar-refractivity contribution < 1.29 is 34.4 Å². The van der Waals surface area contributed by atoms with Crippen molar-refractivity contribution in [2.75, 3.05) is 19.8 Å². The first-order chi connectivity index (χ1) is 17.0. The third-order valence-electron chi connectivity index (χ3n) is 5.23. The first kappa shape index (κ1) is 28.6. The number of aryl methyl sites for hydroxylation is 1. The number of aliphatic hydroxyl groups excluding tert-OH is 2. The lowest BCUT2D eigenvalue weighted by molar-refractivity contribution is -0.143. The van der Waals surface area contributed by atoms with Gasteiger partial charge in [-0.15, -0.1) is 0 Å². The maximum absolute atomic E-state index is 13.5. The van der Waals surface area contributed by atoms with E-state index >= 15 is 0 Å². The lowest BCUT2D eigenvalue weighted by atomic mass is 9.99. The molecule has 3 amide bonds. The van der Waals surface area contributed by atoms with Crippen molar-refractivity contribution in [2.24, 2.45) is 0 Å². The highest BCUT2D eigenvalue weighted by atomic mass is 16.6. The molecule has 0 aliphatic rings. The number of hydrogen-bond acceptors (Lipinski definition) is 7. The normalized spacial score (nSPS) is 12.8. The molecule has 0 bridgehead atoms. The van der Waals surface area contributed by atoms with E-state index in [1.165, 1.54) is 6.07 Å². The maximum atomic E-state index is 13.5. The van der Waals surface area contributed by atoms with Crippen LogP contribution in [0.25, 0.3) is 0 Å². The van der Waals surface area contributed by atoms with Crippen LogP contribution >= 0.6 is 0 Å². The second-order valence-electron chi connectivity index (χ2n) is 9.26. The summed E-state index contributed by atoms with van der Waals surface area (Å²) in [5.41, 5.74) is 0.593. The van der Waals surface area contributed by atoms with Crippen LogP contribution in [0.4, 0.5) is 4.79 Å². The van der Waals surface area contributed by atoms with Crippen molar-refractivity contribution in [3.05, 3.63) is 65.2 Å². The minimum absolute atomic E-state index is 0.135. The topological polar surface area (TPSA) is 148 Å². The molecule has 2 atom stereocenters. The molecule has 0 spiro atoms. The molecule has 0 heterocycles. The van der Waals surface area contributed by atoms with Crippen molar-refractivity contribution in [3.63, 3.8) is 0 Å². The Labute approximate surface area is 210 Å². The molecule has 0 fully saturated rings. The van der Waals surface area contributed by atoms with Crippen LogP contribution in [-0.2, 0) is 20.9 Å². The van der Waals surface area contributed by atoms with Gasteiger partial charge in [0.2, 0.25) is 11.8 Å². The summed E-state index contributed by atoms with van der Waals surface area (Å²) in [4.78, 5) is 40.2. The maximum Gasteiger partial charge on any atom is 0.408 e. The van der Waals surface area contributed by atoms with Gasteiger partial charge in [-0.05, 0) is 38.8 Å². The molecule has 0 aromatic heterocycles. The fraction of sp³-hybridized carbons (Fsp3) is 0.423. The lowest BCUT2D eigenvalue weighted by Crippen LogP contribution is -2.55. The molecule has 0 saturated carbocycles. The van der Waals surface area contributed by atoms with E-state index in [4.69, 9.17) is 4.74 Å². The van der Waals surface area contributed by atoms with E-state index in [9.17, 15) is 29.7 Å². The van der Waals surface area contributed by atoms with Crippen LogP contribution in [0.5, 0.6) is 5.75 Å². The molecule has 5 N–H and O–H groups in total. The van der Waals surface area contributed by atoms with Gasteiger partial charge in [-0.2, -0.15) is 0 Å². The Morgan fingerprint density at radius 3 is 2.28 bits per heavy atom. The van der Waals surface area contributed by atoms with Gasteiger partial charge in [0.05, 0.1) is 13.2 Å². The number of carbonyl (C=O) groups is 3. The number of aromatic hydroxyl groups is 1. The molecule has 196 valence electrons. The fourth-order valence-corrected chi connectivity index (χ4v) is 3.54. The molecule has 0 radical (unpaired) electrons. The first-order valence-electron chi connectivity index (χ1n) is 11.6. The van der Waals surface area contributed by atoms with Crippen LogP contribution in [0.1, 0.15) is 43.5 Å². The number of nitrogens with zero attached hydrogens (tertiary/aromatic N) is 1. The molecular weight excluding hydrogens is 466 g/mol. The molecule has 2 rings (SSSR count). The third kappa shape index (κ3) is 7.96. The summed E-state index contributed by atoms with van der Waals surface area (Å²) >= 11 is 0. The van der Waals surface area contributed by atoms with Gasteiger partial charge >= 0.3 is 6.09 Å². The Bertz CT molecular complexity index is 1040. The molecule has 2 aromatic rings. The highest BCUT2D eigenvalue weighted by Crippen LogP contribution is 2.32. The summed E-state index contributed by atoms with van der Waals surface area (Å²) in [6, 6.07) is 11.1. The fourth-order valence-electron chi connectivity index (χ4n) is 3.54. The summed E-state index contributed by atoms with van der Waals surface area (Å²) in [5.74, 6) is -1.64. The number of phenolic OH excluding ortho intramolecular Hbond substituents is 1. The van der Waals surface area contributed by atoms with Crippen LogP contribution in [0.3, 0.4) is 0 Å². The van der Waals surface area contributed by atoms with Gasteiger partial charge in [0.1, 0.15) is 23.4 Å². The number of ether oxygens (including phenoxy) is 1. The van der Waals surface area contributed by atoms with Gasteiger partial charge in [0.15, 0.2) is 0 Å². The third-order valence-corrected chi connectivity index (χ3v) is 5.23. The van der Waals surface area contributed by atoms with Crippen LogP contribution in [-0.4, -0.2) is 69.5 Å². The zero-order valence-corrected chi connectivity index (χ0v) is 21.0. The molecule has 0 aliphatic heterocycles. The number of rotatable bonds is 10. The number of hydrogen-bond donors (Lipinski definition) is 5. The van der Waals surface area contributed by atoms with Gasteiger partial charge in [0, 0.05) is 18.7 Å². The van der Waals surface area contributed by atoms with Crippen LogP contribution in [0.15, 0.2) is 48.5 Å². The van der Waals surface area contributed by atoms with Crippen LogP contribution < -0.4 is 10.6 Å². The number of carbonyl (C=O) groups excluding carboxylic acids is 3. The van der Waals surface area contributed by atoms with E-state index in [-0.39, 0.29) is 24.4 Å². The van der Waals surface area contributed by atoms with Gasteiger partial charge in [-0.1, -0.05) is 48.5 Å². The van der Waals surface area contributed by atoms with E-state index in [0.29, 0.717) is 5.56 Å². The van der Waals surface area contributed by atoms with E-state index in [0.717, 1.165) is 10.5 Å². The average Bonchev–Trinajstić information content (AvgIpc) is 2.82. The zero-order chi connectivity index (χ0) is 26.9. The molecule has 0 aliphatic carbocycles. The average molecular weight is 502 g/mol. The first-order valence-corrected chi connectivity index (χ1v) is 11.6. The van der Waals surface area contributed by atoms with Crippen molar-refractivity contribution in [3.8, 4) is 5.75 Å². The number of para-hydroxylation sites is 1. The molecule has 10 heteroatoms.